The number of anilines is 1. The van der Waals surface area contributed by atoms with E-state index in [0.29, 0.717) is 34.0 Å². The van der Waals surface area contributed by atoms with E-state index in [4.69, 9.17) is 27.9 Å². The molecule has 3 aromatic rings. The molecule has 140 valence electrons. The molecule has 2 aromatic carbocycles. The molecule has 8 heteroatoms. The van der Waals surface area contributed by atoms with Gasteiger partial charge in [-0.15, -0.1) is 0 Å². The van der Waals surface area contributed by atoms with Crippen molar-refractivity contribution >= 4 is 56.5 Å². The Morgan fingerprint density at radius 3 is 2.59 bits per heavy atom. The van der Waals surface area contributed by atoms with Crippen LogP contribution in [0.5, 0.6) is 5.19 Å². The van der Waals surface area contributed by atoms with Gasteiger partial charge in [-0.1, -0.05) is 52.7 Å². The predicted octanol–water partition coefficient (Wildman–Crippen LogP) is 5.68. The van der Waals surface area contributed by atoms with Crippen LogP contribution in [0.15, 0.2) is 42.5 Å². The fraction of sp³-hybridized carbons (Fsp3) is 0.263. The van der Waals surface area contributed by atoms with Gasteiger partial charge < -0.3 is 15.0 Å². The number of nitrogens with zero attached hydrogens (tertiary/aromatic N) is 2. The maximum absolute atomic E-state index is 12.4. The molecule has 0 saturated carbocycles. The lowest BCUT2D eigenvalue weighted by atomic mass is 10.1. The first-order valence-corrected chi connectivity index (χ1v) is 10.2. The van der Waals surface area contributed by atoms with E-state index in [1.807, 2.05) is 30.3 Å². The predicted molar refractivity (Wildman–Crippen MR) is 110 cm³/mol. The van der Waals surface area contributed by atoms with Crippen molar-refractivity contribution in [3.8, 4) is 5.19 Å². The molecule has 1 aliphatic rings. The standard InChI is InChI=1S/C19H17Cl2N3O2S/c20-13-4-1-2-6-15(13)22-18(25)24-10-8-12(9-11-24)26-19-23-17-14(21)5-3-7-16(17)27-19/h1-7,12H,8-11H2,(H,22,25). The first-order chi connectivity index (χ1) is 13.1. The van der Waals surface area contributed by atoms with Gasteiger partial charge in [-0.05, 0) is 24.3 Å². The van der Waals surface area contributed by atoms with Gasteiger partial charge in [-0.2, -0.15) is 0 Å². The van der Waals surface area contributed by atoms with E-state index in [0.717, 1.165) is 23.1 Å². The van der Waals surface area contributed by atoms with Crippen molar-refractivity contribution in [1.82, 2.24) is 9.88 Å². The van der Waals surface area contributed by atoms with Gasteiger partial charge in [0.25, 0.3) is 5.19 Å². The van der Waals surface area contributed by atoms with Crippen LogP contribution in [0.1, 0.15) is 12.8 Å². The molecule has 1 aromatic heterocycles. The minimum Gasteiger partial charge on any atom is -0.467 e. The summed E-state index contributed by atoms with van der Waals surface area (Å²) in [4.78, 5) is 18.7. The number of ether oxygens (including phenoxy) is 1. The van der Waals surface area contributed by atoms with E-state index in [1.165, 1.54) is 11.3 Å². The number of para-hydroxylation sites is 2. The van der Waals surface area contributed by atoms with Crippen LogP contribution in [-0.2, 0) is 0 Å². The minimum absolute atomic E-state index is 0.0358. The van der Waals surface area contributed by atoms with Gasteiger partial charge in [0, 0.05) is 25.9 Å². The average molecular weight is 422 g/mol. The highest BCUT2D eigenvalue weighted by Gasteiger charge is 2.25. The highest BCUT2D eigenvalue weighted by atomic mass is 35.5. The van der Waals surface area contributed by atoms with Gasteiger partial charge >= 0.3 is 6.03 Å². The zero-order valence-electron chi connectivity index (χ0n) is 14.3. The van der Waals surface area contributed by atoms with E-state index in [9.17, 15) is 4.79 Å². The van der Waals surface area contributed by atoms with Gasteiger partial charge in [-0.3, -0.25) is 0 Å². The lowest BCUT2D eigenvalue weighted by Crippen LogP contribution is -2.43. The Kier molecular flexibility index (Phi) is 5.38. The second-order valence-corrected chi connectivity index (χ2v) is 8.09. The van der Waals surface area contributed by atoms with Crippen LogP contribution in [0.25, 0.3) is 10.2 Å². The van der Waals surface area contributed by atoms with Crippen LogP contribution in [-0.4, -0.2) is 35.1 Å². The summed E-state index contributed by atoms with van der Waals surface area (Å²) in [5.41, 5.74) is 1.39. The molecule has 2 amide bonds. The number of hydrogen-bond acceptors (Lipinski definition) is 4. The molecule has 1 saturated heterocycles. The van der Waals surface area contributed by atoms with Gasteiger partial charge in [0.2, 0.25) is 0 Å². The van der Waals surface area contributed by atoms with Crippen molar-refractivity contribution < 1.29 is 9.53 Å². The lowest BCUT2D eigenvalue weighted by molar-refractivity contribution is 0.115. The molecule has 1 fully saturated rings. The van der Waals surface area contributed by atoms with Crippen molar-refractivity contribution in [1.29, 1.82) is 0 Å². The van der Waals surface area contributed by atoms with Crippen molar-refractivity contribution in [3.05, 3.63) is 52.5 Å². The van der Waals surface area contributed by atoms with Gasteiger partial charge in [0.05, 0.1) is 20.4 Å². The Morgan fingerprint density at radius 1 is 1.11 bits per heavy atom. The molecule has 0 unspecified atom stereocenters. The monoisotopic (exact) mass is 421 g/mol. The van der Waals surface area contributed by atoms with Crippen molar-refractivity contribution in [2.75, 3.05) is 18.4 Å². The normalized spacial score (nSPS) is 15.1. The van der Waals surface area contributed by atoms with Crippen LogP contribution in [0.3, 0.4) is 0 Å². The zero-order valence-corrected chi connectivity index (χ0v) is 16.7. The quantitative estimate of drug-likeness (QED) is 0.591. The molecular formula is C19H17Cl2N3O2S. The number of nitrogens with one attached hydrogen (secondary N) is 1. The highest BCUT2D eigenvalue weighted by molar-refractivity contribution is 7.20. The second-order valence-electron chi connectivity index (χ2n) is 6.28. The third-order valence-corrected chi connectivity index (χ3v) is 6.01. The molecule has 1 N–H and O–H groups in total. The molecule has 0 spiro atoms. The summed E-state index contributed by atoms with van der Waals surface area (Å²) < 4.78 is 7.04. The van der Waals surface area contributed by atoms with E-state index in [2.05, 4.69) is 10.3 Å². The molecule has 1 aliphatic heterocycles. The largest absolute Gasteiger partial charge is 0.467 e. The Labute approximate surface area is 170 Å². The number of carbonyl (C=O) groups is 1. The van der Waals surface area contributed by atoms with Crippen molar-refractivity contribution in [2.24, 2.45) is 0 Å². The smallest absolute Gasteiger partial charge is 0.321 e. The molecule has 4 rings (SSSR count). The summed E-state index contributed by atoms with van der Waals surface area (Å²) in [5, 5.41) is 4.64. The Bertz CT molecular complexity index is 970. The summed E-state index contributed by atoms with van der Waals surface area (Å²) in [6.07, 6.45) is 1.54. The van der Waals surface area contributed by atoms with Crippen LogP contribution >= 0.6 is 34.5 Å². The van der Waals surface area contributed by atoms with Crippen molar-refractivity contribution in [2.45, 2.75) is 18.9 Å². The lowest BCUT2D eigenvalue weighted by Gasteiger charge is -2.31. The number of amides is 2. The van der Waals surface area contributed by atoms with E-state index >= 15 is 0 Å². The number of rotatable bonds is 3. The van der Waals surface area contributed by atoms with Gasteiger partial charge in [0.15, 0.2) is 0 Å². The molecular weight excluding hydrogens is 405 g/mol. The number of likely N-dealkylation sites (tertiary alicyclic amines) is 1. The van der Waals surface area contributed by atoms with Gasteiger partial charge in [-0.25, -0.2) is 9.78 Å². The van der Waals surface area contributed by atoms with E-state index in [1.54, 1.807) is 17.0 Å². The second kappa shape index (κ2) is 7.92. The molecule has 2 heterocycles. The molecule has 0 bridgehead atoms. The van der Waals surface area contributed by atoms with E-state index in [-0.39, 0.29) is 12.1 Å². The van der Waals surface area contributed by atoms with Crippen LogP contribution in [0, 0.1) is 0 Å². The van der Waals surface area contributed by atoms with Crippen LogP contribution in [0.4, 0.5) is 10.5 Å². The number of thiazole rings is 1. The maximum Gasteiger partial charge on any atom is 0.321 e. The Balaban J connectivity index is 1.33. The number of aromatic nitrogens is 1. The van der Waals surface area contributed by atoms with Gasteiger partial charge in [0.1, 0.15) is 11.6 Å². The zero-order chi connectivity index (χ0) is 18.8. The summed E-state index contributed by atoms with van der Waals surface area (Å²) in [6.45, 7) is 1.24. The maximum atomic E-state index is 12.4. The summed E-state index contributed by atoms with van der Waals surface area (Å²) in [6, 6.07) is 12.8. The molecule has 27 heavy (non-hydrogen) atoms. The SMILES string of the molecule is O=C(Nc1ccccc1Cl)N1CCC(Oc2nc3c(Cl)cccc3s2)CC1. The molecule has 0 radical (unpaired) electrons. The number of halogens is 2. The summed E-state index contributed by atoms with van der Waals surface area (Å²) >= 11 is 13.8. The number of hydrogen-bond donors (Lipinski definition) is 1. The van der Waals surface area contributed by atoms with Crippen LogP contribution in [0.2, 0.25) is 10.0 Å². The van der Waals surface area contributed by atoms with Crippen LogP contribution < -0.4 is 10.1 Å². The number of urea groups is 1. The topological polar surface area (TPSA) is 54.5 Å². The number of benzene rings is 2. The number of piperidine rings is 1. The Hall–Kier alpha value is -2.02. The third-order valence-electron chi connectivity index (χ3n) is 4.46. The fourth-order valence-electron chi connectivity index (χ4n) is 3.02. The molecule has 0 aliphatic carbocycles. The number of fused-ring (bicyclic) bond motifs is 1. The first kappa shape index (κ1) is 18.3. The summed E-state index contributed by atoms with van der Waals surface area (Å²) in [7, 11) is 0. The fourth-order valence-corrected chi connectivity index (χ4v) is 4.39. The Morgan fingerprint density at radius 2 is 1.85 bits per heavy atom. The van der Waals surface area contributed by atoms with E-state index < -0.39 is 0 Å². The molecule has 0 atom stereocenters. The first-order valence-electron chi connectivity index (χ1n) is 8.62. The number of carbonyl (C=O) groups excluding carboxylic acids is 1. The highest BCUT2D eigenvalue weighted by Crippen LogP contribution is 2.33. The van der Waals surface area contributed by atoms with Crippen molar-refractivity contribution in [3.63, 3.8) is 0 Å². The summed E-state index contributed by atoms with van der Waals surface area (Å²) in [5.74, 6) is 0. The molecule has 5 nitrogen and oxygen atoms in total. The third kappa shape index (κ3) is 4.13. The average Bonchev–Trinajstić information content (AvgIpc) is 3.08. The minimum atomic E-state index is -0.145.